The summed E-state index contributed by atoms with van der Waals surface area (Å²) in [7, 11) is 0. The fourth-order valence-corrected chi connectivity index (χ4v) is 4.54. The fourth-order valence-electron chi connectivity index (χ4n) is 3.53. The van der Waals surface area contributed by atoms with Crippen LogP contribution in [0.25, 0.3) is 10.2 Å². The molecule has 1 aliphatic rings. The molecule has 2 aromatic carbocycles. The lowest BCUT2D eigenvalue weighted by Gasteiger charge is -2.23. The number of carbonyl (C=O) groups excluding carboxylic acids is 1. The van der Waals surface area contributed by atoms with Crippen LogP contribution in [-0.4, -0.2) is 30.1 Å². The van der Waals surface area contributed by atoms with Gasteiger partial charge in [-0.15, -0.1) is 0 Å². The van der Waals surface area contributed by atoms with E-state index in [1.54, 1.807) is 4.90 Å². The molecule has 6 heteroatoms. The number of amides is 1. The second kappa shape index (κ2) is 7.97. The summed E-state index contributed by atoms with van der Waals surface area (Å²) in [6.45, 7) is 5.46. The van der Waals surface area contributed by atoms with Crippen molar-refractivity contribution in [3.05, 3.63) is 59.4 Å². The summed E-state index contributed by atoms with van der Waals surface area (Å²) in [6, 6.07) is 11.8. The lowest BCUT2D eigenvalue weighted by atomic mass is 10.0. The van der Waals surface area contributed by atoms with Crippen molar-refractivity contribution < 1.29 is 13.9 Å². The van der Waals surface area contributed by atoms with Crippen LogP contribution in [0.1, 0.15) is 48.5 Å². The molecule has 0 aliphatic carbocycles. The SMILES string of the molecule is CC(C)c1cccc2sc(N(CC3CCCO3)C(=O)c3ccc(F)cc3)nc12. The van der Waals surface area contributed by atoms with Crippen LogP contribution >= 0.6 is 11.3 Å². The summed E-state index contributed by atoms with van der Waals surface area (Å²) in [4.78, 5) is 19.8. The number of fused-ring (bicyclic) bond motifs is 1. The molecule has 4 rings (SSSR count). The zero-order valence-corrected chi connectivity index (χ0v) is 16.8. The molecule has 1 unspecified atom stereocenters. The van der Waals surface area contributed by atoms with E-state index in [4.69, 9.17) is 9.72 Å². The molecule has 0 bridgehead atoms. The minimum absolute atomic E-state index is 0.000907. The highest BCUT2D eigenvalue weighted by Gasteiger charge is 2.27. The van der Waals surface area contributed by atoms with Crippen molar-refractivity contribution in [2.45, 2.75) is 38.7 Å². The maximum atomic E-state index is 13.3. The number of nitrogens with zero attached hydrogens (tertiary/aromatic N) is 2. The molecule has 146 valence electrons. The maximum absolute atomic E-state index is 13.3. The number of benzene rings is 2. The van der Waals surface area contributed by atoms with Crippen molar-refractivity contribution in [1.29, 1.82) is 0 Å². The number of thiazole rings is 1. The van der Waals surface area contributed by atoms with Gasteiger partial charge in [0, 0.05) is 12.2 Å². The van der Waals surface area contributed by atoms with Crippen LogP contribution in [0.5, 0.6) is 0 Å². The lowest BCUT2D eigenvalue weighted by molar-refractivity contribution is 0.0917. The van der Waals surface area contributed by atoms with Crippen LogP contribution in [-0.2, 0) is 4.74 Å². The quantitative estimate of drug-likeness (QED) is 0.579. The first-order chi connectivity index (χ1) is 13.5. The molecule has 3 aromatic rings. The van der Waals surface area contributed by atoms with Gasteiger partial charge in [0.1, 0.15) is 5.82 Å². The zero-order valence-electron chi connectivity index (χ0n) is 16.0. The van der Waals surface area contributed by atoms with Crippen LogP contribution in [0.2, 0.25) is 0 Å². The molecular weight excluding hydrogens is 375 g/mol. The first-order valence-corrected chi connectivity index (χ1v) is 10.4. The number of carbonyl (C=O) groups is 1. The molecule has 1 aliphatic heterocycles. The monoisotopic (exact) mass is 398 g/mol. The van der Waals surface area contributed by atoms with Crippen molar-refractivity contribution in [2.75, 3.05) is 18.1 Å². The normalized spacial score (nSPS) is 16.8. The Balaban J connectivity index is 1.74. The van der Waals surface area contributed by atoms with Gasteiger partial charge in [-0.2, -0.15) is 0 Å². The Morgan fingerprint density at radius 1 is 1.29 bits per heavy atom. The predicted molar refractivity (Wildman–Crippen MR) is 111 cm³/mol. The topological polar surface area (TPSA) is 42.4 Å². The Morgan fingerprint density at radius 2 is 2.07 bits per heavy atom. The Morgan fingerprint density at radius 3 is 2.75 bits per heavy atom. The van der Waals surface area contributed by atoms with Gasteiger partial charge in [0.15, 0.2) is 5.13 Å². The molecule has 1 fully saturated rings. The van der Waals surface area contributed by atoms with Crippen molar-refractivity contribution in [1.82, 2.24) is 4.98 Å². The Labute approximate surface area is 168 Å². The third-order valence-electron chi connectivity index (χ3n) is 5.04. The molecule has 1 amide bonds. The molecule has 4 nitrogen and oxygen atoms in total. The molecule has 1 saturated heterocycles. The first-order valence-electron chi connectivity index (χ1n) is 9.61. The van der Waals surface area contributed by atoms with Gasteiger partial charge in [-0.1, -0.05) is 37.3 Å². The maximum Gasteiger partial charge on any atom is 0.260 e. The minimum Gasteiger partial charge on any atom is -0.376 e. The van der Waals surface area contributed by atoms with Crippen molar-refractivity contribution in [3.63, 3.8) is 0 Å². The van der Waals surface area contributed by atoms with Gasteiger partial charge >= 0.3 is 0 Å². The number of aromatic nitrogens is 1. The van der Waals surface area contributed by atoms with E-state index in [1.807, 2.05) is 12.1 Å². The van der Waals surface area contributed by atoms with E-state index in [-0.39, 0.29) is 17.8 Å². The summed E-state index contributed by atoms with van der Waals surface area (Å²) in [6.07, 6.45) is 1.93. The van der Waals surface area contributed by atoms with E-state index in [0.717, 1.165) is 29.7 Å². The molecule has 1 atom stereocenters. The van der Waals surface area contributed by atoms with Gasteiger partial charge in [0.25, 0.3) is 5.91 Å². The molecule has 0 N–H and O–H groups in total. The van der Waals surface area contributed by atoms with Crippen LogP contribution in [0.15, 0.2) is 42.5 Å². The average Bonchev–Trinajstić information content (AvgIpc) is 3.35. The van der Waals surface area contributed by atoms with E-state index >= 15 is 0 Å². The van der Waals surface area contributed by atoms with E-state index < -0.39 is 0 Å². The molecule has 0 saturated carbocycles. The third-order valence-corrected chi connectivity index (χ3v) is 6.08. The molecule has 0 spiro atoms. The summed E-state index contributed by atoms with van der Waals surface area (Å²) < 4.78 is 20.1. The predicted octanol–water partition coefficient (Wildman–Crippen LogP) is 5.38. The van der Waals surface area contributed by atoms with Gasteiger partial charge in [-0.25, -0.2) is 9.37 Å². The van der Waals surface area contributed by atoms with E-state index in [1.165, 1.54) is 41.2 Å². The highest BCUT2D eigenvalue weighted by Crippen LogP contribution is 2.34. The molecular formula is C22H23FN2O2S. The number of ether oxygens (including phenoxy) is 1. The summed E-state index contributed by atoms with van der Waals surface area (Å²) >= 11 is 1.51. The highest BCUT2D eigenvalue weighted by atomic mass is 32.1. The van der Waals surface area contributed by atoms with E-state index in [9.17, 15) is 9.18 Å². The molecule has 1 aromatic heterocycles. The molecule has 0 radical (unpaired) electrons. The number of halogens is 1. The van der Waals surface area contributed by atoms with Crippen LogP contribution in [0, 0.1) is 5.82 Å². The standard InChI is InChI=1S/C22H23FN2O2S/c1-14(2)18-6-3-7-19-20(18)24-22(28-19)25(13-17-5-4-12-27-17)21(26)15-8-10-16(23)11-9-15/h3,6-11,14,17H,4-5,12-13H2,1-2H3. The summed E-state index contributed by atoms with van der Waals surface area (Å²) in [5.74, 6) is -0.192. The van der Waals surface area contributed by atoms with Crippen LogP contribution in [0.3, 0.4) is 0 Å². The zero-order chi connectivity index (χ0) is 19.7. The second-order valence-corrected chi connectivity index (χ2v) is 8.41. The summed E-state index contributed by atoms with van der Waals surface area (Å²) in [5, 5.41) is 0.660. The van der Waals surface area contributed by atoms with E-state index in [2.05, 4.69) is 19.9 Å². The third kappa shape index (κ3) is 3.80. The van der Waals surface area contributed by atoms with Gasteiger partial charge in [0.2, 0.25) is 0 Å². The van der Waals surface area contributed by atoms with Crippen molar-refractivity contribution >= 4 is 32.6 Å². The molecule has 2 heterocycles. The average molecular weight is 399 g/mol. The van der Waals surface area contributed by atoms with Gasteiger partial charge in [0.05, 0.1) is 22.9 Å². The Kier molecular flexibility index (Phi) is 5.42. The van der Waals surface area contributed by atoms with Gasteiger partial charge in [-0.3, -0.25) is 9.69 Å². The minimum atomic E-state index is -0.358. The number of hydrogen-bond donors (Lipinski definition) is 0. The number of rotatable bonds is 5. The largest absolute Gasteiger partial charge is 0.376 e. The smallest absolute Gasteiger partial charge is 0.260 e. The van der Waals surface area contributed by atoms with Crippen molar-refractivity contribution in [3.8, 4) is 0 Å². The van der Waals surface area contributed by atoms with E-state index in [0.29, 0.717) is 23.2 Å². The van der Waals surface area contributed by atoms with Gasteiger partial charge in [-0.05, 0) is 54.7 Å². The summed E-state index contributed by atoms with van der Waals surface area (Å²) in [5.41, 5.74) is 2.57. The highest BCUT2D eigenvalue weighted by molar-refractivity contribution is 7.22. The van der Waals surface area contributed by atoms with Crippen molar-refractivity contribution in [2.24, 2.45) is 0 Å². The first kappa shape index (κ1) is 19.0. The number of anilines is 1. The number of para-hydroxylation sites is 1. The second-order valence-electron chi connectivity index (χ2n) is 7.40. The number of hydrogen-bond acceptors (Lipinski definition) is 4. The van der Waals surface area contributed by atoms with Crippen LogP contribution < -0.4 is 4.90 Å². The van der Waals surface area contributed by atoms with Gasteiger partial charge < -0.3 is 4.74 Å². The van der Waals surface area contributed by atoms with Crippen LogP contribution in [0.4, 0.5) is 9.52 Å². The lowest BCUT2D eigenvalue weighted by Crippen LogP contribution is -2.37. The Bertz CT molecular complexity index is 978. The fraction of sp³-hybridized carbons (Fsp3) is 0.364. The molecule has 28 heavy (non-hydrogen) atoms. The Hall–Kier alpha value is -2.31.